The zero-order valence-electron chi connectivity index (χ0n) is 18.6. The van der Waals surface area contributed by atoms with Gasteiger partial charge in [-0.05, 0) is 64.8 Å². The maximum Gasteiger partial charge on any atom is 0.254 e. The summed E-state index contributed by atoms with van der Waals surface area (Å²) in [7, 11) is 0. The minimum Gasteiger partial charge on any atom is -0.390 e. The lowest BCUT2D eigenvalue weighted by atomic mass is 10.0. The molecule has 0 fully saturated rings. The number of carbonyl (C=O) groups is 1. The largest absolute Gasteiger partial charge is 0.390 e. The number of nitrogens with zero attached hydrogens (tertiary/aromatic N) is 2. The number of nitrogens with one attached hydrogen (secondary N) is 2. The van der Waals surface area contributed by atoms with Crippen molar-refractivity contribution >= 4 is 22.5 Å². The minimum absolute atomic E-state index is 0.0897. The monoisotopic (exact) mass is 424 g/mol. The van der Waals surface area contributed by atoms with E-state index in [1.807, 2.05) is 32.0 Å². The number of anilines is 1. The summed E-state index contributed by atoms with van der Waals surface area (Å²) in [6.45, 7) is 9.43. The van der Waals surface area contributed by atoms with Gasteiger partial charge in [-0.15, -0.1) is 0 Å². The average Bonchev–Trinajstić information content (AvgIpc) is 2.68. The topological polar surface area (TPSA) is 87.1 Å². The molecule has 2 heterocycles. The predicted octanol–water partition coefficient (Wildman–Crippen LogP) is 4.46. The van der Waals surface area contributed by atoms with E-state index < -0.39 is 11.5 Å². The van der Waals surface area contributed by atoms with Gasteiger partial charge in [0.15, 0.2) is 0 Å². The number of rotatable bonds is 7. The summed E-state index contributed by atoms with van der Waals surface area (Å²) < 4.78 is 13.6. The second kappa shape index (κ2) is 8.98. The number of halogens is 1. The molecule has 0 unspecified atom stereocenters. The third-order valence-corrected chi connectivity index (χ3v) is 4.92. The Morgan fingerprint density at radius 1 is 1.16 bits per heavy atom. The average molecular weight is 425 g/mol. The van der Waals surface area contributed by atoms with Crippen LogP contribution in [-0.4, -0.2) is 39.2 Å². The van der Waals surface area contributed by atoms with Crippen molar-refractivity contribution in [3.05, 3.63) is 53.7 Å². The number of hydrogen-bond acceptors (Lipinski definition) is 5. The number of fused-ring (bicyclic) bond motifs is 1. The van der Waals surface area contributed by atoms with Gasteiger partial charge in [0.05, 0.1) is 22.4 Å². The number of aliphatic hydroxyl groups is 1. The molecule has 0 radical (unpaired) electrons. The highest BCUT2D eigenvalue weighted by Crippen LogP contribution is 2.31. The van der Waals surface area contributed by atoms with Crippen molar-refractivity contribution in [2.24, 2.45) is 0 Å². The van der Waals surface area contributed by atoms with Crippen molar-refractivity contribution in [1.29, 1.82) is 0 Å². The first-order chi connectivity index (χ1) is 14.5. The minimum atomic E-state index is -0.857. The number of aromatic nitrogens is 2. The van der Waals surface area contributed by atoms with Crippen LogP contribution >= 0.6 is 0 Å². The van der Waals surface area contributed by atoms with E-state index in [1.54, 1.807) is 33.0 Å². The molecule has 0 atom stereocenters. The number of carbonyl (C=O) groups excluding carboxylic acids is 1. The van der Waals surface area contributed by atoms with Crippen LogP contribution in [0.5, 0.6) is 0 Å². The molecule has 1 aromatic carbocycles. The third-order valence-electron chi connectivity index (χ3n) is 4.92. The standard InChI is InChI=1S/C24H29FN4O2/c1-14(2)29-21-18-11-16(17-10-15(3)22(25)28-12-17)6-7-20(18)27-13-19(21)23(30)26-9-8-24(4,5)31/h6-7,10-14,31H,8-9H2,1-5H3,(H,26,30)(H,27,29). The quantitative estimate of drug-likeness (QED) is 0.488. The molecule has 0 bridgehead atoms. The Balaban J connectivity index is 2.04. The van der Waals surface area contributed by atoms with E-state index in [0.29, 0.717) is 29.8 Å². The van der Waals surface area contributed by atoms with Crippen molar-refractivity contribution in [1.82, 2.24) is 15.3 Å². The molecule has 0 aliphatic rings. The Kier molecular flexibility index (Phi) is 6.55. The SMILES string of the molecule is Cc1cc(-c2ccc3ncc(C(=O)NCCC(C)(C)O)c(NC(C)C)c3c2)cnc1F. The zero-order chi connectivity index (χ0) is 22.8. The van der Waals surface area contributed by atoms with Gasteiger partial charge in [-0.3, -0.25) is 9.78 Å². The maximum absolute atomic E-state index is 13.6. The fourth-order valence-electron chi connectivity index (χ4n) is 3.28. The lowest BCUT2D eigenvalue weighted by Crippen LogP contribution is -2.31. The molecule has 6 nitrogen and oxygen atoms in total. The Morgan fingerprint density at radius 2 is 1.90 bits per heavy atom. The van der Waals surface area contributed by atoms with Crippen LogP contribution in [-0.2, 0) is 0 Å². The van der Waals surface area contributed by atoms with Gasteiger partial charge in [0.2, 0.25) is 5.95 Å². The van der Waals surface area contributed by atoms with E-state index in [2.05, 4.69) is 20.6 Å². The smallest absolute Gasteiger partial charge is 0.254 e. The Hall–Kier alpha value is -3.06. The Morgan fingerprint density at radius 3 is 2.55 bits per heavy atom. The molecular weight excluding hydrogens is 395 g/mol. The first-order valence-corrected chi connectivity index (χ1v) is 10.4. The van der Waals surface area contributed by atoms with Gasteiger partial charge in [-0.25, -0.2) is 4.98 Å². The van der Waals surface area contributed by atoms with E-state index in [0.717, 1.165) is 22.0 Å². The molecule has 3 rings (SSSR count). The summed E-state index contributed by atoms with van der Waals surface area (Å²) >= 11 is 0. The summed E-state index contributed by atoms with van der Waals surface area (Å²) in [5, 5.41) is 16.9. The second-order valence-corrected chi connectivity index (χ2v) is 8.73. The first-order valence-electron chi connectivity index (χ1n) is 10.4. The molecule has 0 saturated carbocycles. The molecule has 3 N–H and O–H groups in total. The molecule has 3 aromatic rings. The second-order valence-electron chi connectivity index (χ2n) is 8.73. The molecule has 2 aromatic heterocycles. The van der Waals surface area contributed by atoms with Gasteiger partial charge in [-0.2, -0.15) is 4.39 Å². The highest BCUT2D eigenvalue weighted by molar-refractivity contribution is 6.07. The van der Waals surface area contributed by atoms with Crippen molar-refractivity contribution in [2.75, 3.05) is 11.9 Å². The maximum atomic E-state index is 13.6. The van der Waals surface area contributed by atoms with Crippen LogP contribution < -0.4 is 10.6 Å². The van der Waals surface area contributed by atoms with Crippen molar-refractivity contribution in [3.63, 3.8) is 0 Å². The molecule has 0 aliphatic carbocycles. The fourth-order valence-corrected chi connectivity index (χ4v) is 3.28. The van der Waals surface area contributed by atoms with Crippen LogP contribution in [0.1, 0.15) is 50.0 Å². The van der Waals surface area contributed by atoms with Crippen LogP contribution in [0.3, 0.4) is 0 Å². The molecular formula is C24H29FN4O2. The molecule has 7 heteroatoms. The zero-order valence-corrected chi connectivity index (χ0v) is 18.6. The van der Waals surface area contributed by atoms with E-state index in [1.165, 1.54) is 6.20 Å². The highest BCUT2D eigenvalue weighted by Gasteiger charge is 2.18. The molecule has 1 amide bonds. The Bertz CT molecular complexity index is 1110. The lowest BCUT2D eigenvalue weighted by Gasteiger charge is -2.19. The van der Waals surface area contributed by atoms with Gasteiger partial charge in [0.1, 0.15) is 0 Å². The third kappa shape index (κ3) is 5.55. The van der Waals surface area contributed by atoms with Crippen LogP contribution in [0.4, 0.5) is 10.1 Å². The summed E-state index contributed by atoms with van der Waals surface area (Å²) in [5.74, 6) is -0.745. The number of pyridine rings is 2. The van der Waals surface area contributed by atoms with Crippen LogP contribution in [0.2, 0.25) is 0 Å². The number of amides is 1. The van der Waals surface area contributed by atoms with E-state index in [-0.39, 0.29) is 11.9 Å². The van der Waals surface area contributed by atoms with Crippen LogP contribution in [0.15, 0.2) is 36.7 Å². The van der Waals surface area contributed by atoms with Crippen molar-refractivity contribution in [2.45, 2.75) is 52.7 Å². The van der Waals surface area contributed by atoms with E-state index in [4.69, 9.17) is 0 Å². The van der Waals surface area contributed by atoms with Gasteiger partial charge < -0.3 is 15.7 Å². The highest BCUT2D eigenvalue weighted by atomic mass is 19.1. The summed E-state index contributed by atoms with van der Waals surface area (Å²) in [4.78, 5) is 21.2. The molecule has 31 heavy (non-hydrogen) atoms. The lowest BCUT2D eigenvalue weighted by molar-refractivity contribution is 0.0693. The van der Waals surface area contributed by atoms with Gasteiger partial charge >= 0.3 is 0 Å². The normalized spacial score (nSPS) is 11.7. The van der Waals surface area contributed by atoms with Crippen molar-refractivity contribution < 1.29 is 14.3 Å². The number of benzene rings is 1. The van der Waals surface area contributed by atoms with E-state index in [9.17, 15) is 14.3 Å². The van der Waals surface area contributed by atoms with Gasteiger partial charge in [-0.1, -0.05) is 6.07 Å². The van der Waals surface area contributed by atoms with Crippen LogP contribution in [0, 0.1) is 12.9 Å². The summed E-state index contributed by atoms with van der Waals surface area (Å²) in [5.41, 5.74) is 3.12. The van der Waals surface area contributed by atoms with Crippen LogP contribution in [0.25, 0.3) is 22.0 Å². The first kappa shape index (κ1) is 22.6. The molecule has 0 aliphatic heterocycles. The fraction of sp³-hybridized carbons (Fsp3) is 0.375. The summed E-state index contributed by atoms with van der Waals surface area (Å²) in [6, 6.07) is 7.57. The predicted molar refractivity (Wildman–Crippen MR) is 122 cm³/mol. The molecule has 0 saturated heterocycles. The molecule has 0 spiro atoms. The van der Waals surface area contributed by atoms with Gasteiger partial charge in [0, 0.05) is 41.5 Å². The molecule has 164 valence electrons. The van der Waals surface area contributed by atoms with Crippen molar-refractivity contribution in [3.8, 4) is 11.1 Å². The van der Waals surface area contributed by atoms with E-state index >= 15 is 0 Å². The summed E-state index contributed by atoms with van der Waals surface area (Å²) in [6.07, 6.45) is 3.50. The number of aryl methyl sites for hydroxylation is 1. The number of hydrogen-bond donors (Lipinski definition) is 3. The Labute approximate surface area is 181 Å². The van der Waals surface area contributed by atoms with Gasteiger partial charge in [0.25, 0.3) is 5.91 Å².